The standard InChI is InChI=1S/C53H61N3O12S3Si/c1-33-28-52(2,3)55(30-34-16-9-13-20-45(34)70(63,64)65)43-26-47-41(24-39(33)43)50(37-18-11-12-19-38(37)51(59)54(6)23-15-22-49(57)58)42-25-40-36(32-69(60,61)62)29-53(4,5)56(44(40)27-48(42)72(47,7)8)31-35-17-10-14-21-46(35)71(66,67)68/h9-14,16-21,24-27,33,36H,15,22-23,28-32H2,1-8H3,(H3-,57,58,60,61,62,63,64,65,66,67,68)/p+1. The number of hydrogen-bond donors (Lipinski definition) is 4. The highest BCUT2D eigenvalue weighted by atomic mass is 32.2. The minimum atomic E-state index is -4.66. The van der Waals surface area contributed by atoms with Crippen LogP contribution in [0.4, 0.5) is 5.69 Å². The highest BCUT2D eigenvalue weighted by Gasteiger charge is 2.46. The van der Waals surface area contributed by atoms with E-state index in [0.29, 0.717) is 45.2 Å². The minimum absolute atomic E-state index is 0.00844. The molecule has 382 valence electrons. The number of carbonyl (C=O) groups is 2. The Labute approximate surface area is 422 Å². The van der Waals surface area contributed by atoms with Gasteiger partial charge in [0.15, 0.2) is 12.1 Å². The summed E-state index contributed by atoms with van der Waals surface area (Å²) in [6, 6.07) is 28.2. The molecule has 0 fully saturated rings. The number of carboxylic acids is 1. The van der Waals surface area contributed by atoms with E-state index in [1.807, 2.05) is 36.6 Å². The van der Waals surface area contributed by atoms with Crippen molar-refractivity contribution in [1.82, 2.24) is 9.48 Å². The molecule has 2 unspecified atom stereocenters. The molecule has 8 rings (SSSR count). The Bertz CT molecular complexity index is 3560. The molecular formula is C53H62N3O12S3Si+. The van der Waals surface area contributed by atoms with Gasteiger partial charge in [0.25, 0.3) is 36.3 Å². The third kappa shape index (κ3) is 10.1. The molecule has 19 heteroatoms. The van der Waals surface area contributed by atoms with Crippen LogP contribution in [0.2, 0.25) is 13.1 Å². The van der Waals surface area contributed by atoms with E-state index in [-0.39, 0.29) is 60.5 Å². The molecule has 4 N–H and O–H groups in total. The number of benzene rings is 5. The molecule has 0 aromatic heterocycles. The average molecular weight is 1060 g/mol. The number of carbonyl (C=O) groups excluding carboxylic acids is 1. The maximum atomic E-state index is 14.7. The molecule has 5 aromatic carbocycles. The van der Waals surface area contributed by atoms with Gasteiger partial charge in [-0.3, -0.25) is 23.2 Å². The van der Waals surface area contributed by atoms with Crippen LogP contribution >= 0.6 is 0 Å². The normalized spacial score (nSPS) is 18.9. The summed E-state index contributed by atoms with van der Waals surface area (Å²) in [5.74, 6) is -2.66. The van der Waals surface area contributed by atoms with Crippen LogP contribution in [-0.4, -0.2) is 99.3 Å². The van der Waals surface area contributed by atoms with E-state index in [1.165, 1.54) is 23.1 Å². The van der Waals surface area contributed by atoms with Crippen molar-refractivity contribution < 1.29 is 53.6 Å². The molecule has 15 nitrogen and oxygen atoms in total. The first-order valence-corrected chi connectivity index (χ1v) is 31.3. The van der Waals surface area contributed by atoms with Gasteiger partial charge >= 0.3 is 5.97 Å². The molecule has 0 bridgehead atoms. The predicted octanol–water partition coefficient (Wildman–Crippen LogP) is 5.64. The van der Waals surface area contributed by atoms with Crippen molar-refractivity contribution in [2.24, 2.45) is 0 Å². The Kier molecular flexibility index (Phi) is 13.7. The number of fused-ring (bicyclic) bond motifs is 4. The zero-order chi connectivity index (χ0) is 52.7. The molecule has 3 aliphatic heterocycles. The number of hydrogen-bond acceptors (Lipinski definition) is 9. The maximum absolute atomic E-state index is 14.7. The summed E-state index contributed by atoms with van der Waals surface area (Å²) in [6.45, 7) is 15.0. The molecular weight excluding hydrogens is 995 g/mol. The van der Waals surface area contributed by atoms with E-state index in [1.54, 1.807) is 49.5 Å². The highest BCUT2D eigenvalue weighted by Crippen LogP contribution is 2.46. The predicted molar refractivity (Wildman–Crippen MR) is 279 cm³/mol. The third-order valence-corrected chi connectivity index (χ3v) is 21.3. The van der Waals surface area contributed by atoms with Gasteiger partial charge in [0.05, 0.1) is 10.6 Å². The van der Waals surface area contributed by atoms with Gasteiger partial charge in [0.2, 0.25) is 5.36 Å². The second-order valence-corrected chi connectivity index (χ2v) is 30.0. The second-order valence-electron chi connectivity index (χ2n) is 21.4. The lowest BCUT2D eigenvalue weighted by Gasteiger charge is -2.49. The molecule has 0 aliphatic carbocycles. The zero-order valence-corrected chi connectivity index (χ0v) is 45.1. The Balaban J connectivity index is 1.49. The van der Waals surface area contributed by atoms with Crippen molar-refractivity contribution in [3.63, 3.8) is 0 Å². The number of nitrogens with zero attached hydrogens (tertiary/aromatic N) is 3. The third-order valence-electron chi connectivity index (χ3n) is 15.0. The zero-order valence-electron chi connectivity index (χ0n) is 41.7. The molecule has 5 aromatic rings. The molecule has 3 heterocycles. The van der Waals surface area contributed by atoms with Crippen LogP contribution in [0.3, 0.4) is 0 Å². The Morgan fingerprint density at radius 3 is 1.99 bits per heavy atom. The van der Waals surface area contributed by atoms with Gasteiger partial charge in [0, 0.05) is 72.9 Å². The van der Waals surface area contributed by atoms with Crippen molar-refractivity contribution in [3.8, 4) is 0 Å². The SMILES string of the molecule is CC1CC(C)(C)N(Cc2ccccc2S(=O)(=O)O)c2cc3c(cc21)C(c1ccccc1C(=O)N(C)CCCC(=O)O)=c1cc2c(cc1[Si]3(C)C)=[N+](Cc1ccccc1S(=O)(=O)O)C(C)(C)CC2CS(=O)(=O)O. The van der Waals surface area contributed by atoms with E-state index >= 15 is 0 Å². The Hall–Kier alpha value is -5.54. The summed E-state index contributed by atoms with van der Waals surface area (Å²) in [4.78, 5) is 29.4. The topological polar surface area (TPSA) is 227 Å². The average Bonchev–Trinajstić information content (AvgIpc) is 3.27. The summed E-state index contributed by atoms with van der Waals surface area (Å²) in [7, 11) is -15.1. The fraction of sp³-hybridized carbons (Fsp3) is 0.377. The lowest BCUT2D eigenvalue weighted by atomic mass is 9.78. The molecule has 1 amide bonds. The maximum Gasteiger partial charge on any atom is 0.303 e. The van der Waals surface area contributed by atoms with E-state index in [4.69, 9.17) is 0 Å². The molecule has 0 saturated heterocycles. The molecule has 0 spiro atoms. The van der Waals surface area contributed by atoms with Gasteiger partial charge in [0.1, 0.15) is 13.0 Å². The summed E-state index contributed by atoms with van der Waals surface area (Å²) in [6.07, 6.45) is 1.01. The van der Waals surface area contributed by atoms with E-state index < -0.39 is 67.1 Å². The van der Waals surface area contributed by atoms with E-state index in [9.17, 15) is 53.6 Å². The molecule has 72 heavy (non-hydrogen) atoms. The van der Waals surface area contributed by atoms with Crippen LogP contribution in [0.15, 0.2) is 107 Å². The lowest BCUT2D eigenvalue weighted by molar-refractivity contribution is -0.137. The Morgan fingerprint density at radius 2 is 1.36 bits per heavy atom. The van der Waals surface area contributed by atoms with Crippen molar-refractivity contribution in [2.45, 2.75) is 119 Å². The van der Waals surface area contributed by atoms with Crippen LogP contribution in [0.25, 0.3) is 5.57 Å². The second kappa shape index (κ2) is 18.7. The van der Waals surface area contributed by atoms with Gasteiger partial charge in [-0.05, 0) is 126 Å². The van der Waals surface area contributed by atoms with E-state index in [0.717, 1.165) is 32.4 Å². The first-order chi connectivity index (χ1) is 33.4. The minimum Gasteiger partial charge on any atom is -0.481 e. The van der Waals surface area contributed by atoms with Crippen molar-refractivity contribution in [1.29, 1.82) is 0 Å². The summed E-state index contributed by atoms with van der Waals surface area (Å²) >= 11 is 0. The molecule has 0 radical (unpaired) electrons. The van der Waals surface area contributed by atoms with Crippen molar-refractivity contribution in [3.05, 3.63) is 147 Å². The highest BCUT2D eigenvalue weighted by molar-refractivity contribution is 7.86. The fourth-order valence-electron chi connectivity index (χ4n) is 11.6. The van der Waals surface area contributed by atoms with Crippen molar-refractivity contribution >= 4 is 71.9 Å². The van der Waals surface area contributed by atoms with Gasteiger partial charge in [-0.1, -0.05) is 74.6 Å². The number of rotatable bonds is 14. The number of amides is 1. The van der Waals surface area contributed by atoms with Crippen LogP contribution in [-0.2, 0) is 48.2 Å². The molecule has 0 saturated carbocycles. The van der Waals surface area contributed by atoms with E-state index in [2.05, 4.69) is 57.0 Å². The summed E-state index contributed by atoms with van der Waals surface area (Å²) in [5.41, 5.74) is 4.35. The van der Waals surface area contributed by atoms with Crippen LogP contribution < -0.4 is 30.4 Å². The fourth-order valence-corrected chi connectivity index (χ4v) is 16.9. The van der Waals surface area contributed by atoms with Gasteiger partial charge in [-0.2, -0.15) is 25.3 Å². The quantitative estimate of drug-likeness (QED) is 0.0601. The summed E-state index contributed by atoms with van der Waals surface area (Å²) < 4.78 is 110. The first-order valence-electron chi connectivity index (χ1n) is 23.8. The summed E-state index contributed by atoms with van der Waals surface area (Å²) in [5, 5.41) is 12.7. The van der Waals surface area contributed by atoms with Crippen LogP contribution in [0.5, 0.6) is 0 Å². The number of anilines is 1. The number of aliphatic carboxylic acids is 1. The smallest absolute Gasteiger partial charge is 0.303 e. The van der Waals surface area contributed by atoms with Gasteiger partial charge < -0.3 is 14.9 Å². The largest absolute Gasteiger partial charge is 0.481 e. The number of carboxylic acid groups (broad SMARTS) is 1. The van der Waals surface area contributed by atoms with Crippen LogP contribution in [0.1, 0.15) is 116 Å². The van der Waals surface area contributed by atoms with Crippen molar-refractivity contribution in [2.75, 3.05) is 24.2 Å². The molecule has 2 atom stereocenters. The lowest BCUT2D eigenvalue weighted by Crippen LogP contribution is -2.65. The Morgan fingerprint density at radius 1 is 0.764 bits per heavy atom. The first kappa shape index (κ1) is 52.8. The van der Waals surface area contributed by atoms with Crippen LogP contribution in [0, 0.1) is 0 Å². The monoisotopic (exact) mass is 1060 g/mol. The molecule has 3 aliphatic rings. The van der Waals surface area contributed by atoms with Gasteiger partial charge in [-0.25, -0.2) is 4.58 Å². The van der Waals surface area contributed by atoms with Gasteiger partial charge in [-0.15, -0.1) is 0 Å².